The van der Waals surface area contributed by atoms with Gasteiger partial charge in [-0.3, -0.25) is 4.90 Å². The van der Waals surface area contributed by atoms with Gasteiger partial charge in [-0.2, -0.15) is 0 Å². The summed E-state index contributed by atoms with van der Waals surface area (Å²) in [5, 5.41) is 0.849. The predicted molar refractivity (Wildman–Crippen MR) is 103 cm³/mol. The third-order valence-corrected chi connectivity index (χ3v) is 5.16. The highest BCUT2D eigenvalue weighted by molar-refractivity contribution is 6.04. The van der Waals surface area contributed by atoms with E-state index in [2.05, 4.69) is 4.98 Å². The lowest BCUT2D eigenvalue weighted by atomic mass is 9.92. The maximum absolute atomic E-state index is 12.7. The van der Waals surface area contributed by atoms with E-state index in [1.807, 2.05) is 45.0 Å². The van der Waals surface area contributed by atoms with Gasteiger partial charge in [-0.15, -0.1) is 0 Å². The summed E-state index contributed by atoms with van der Waals surface area (Å²) in [6.45, 7) is 6.42. The number of hydrogen-bond donors (Lipinski definition) is 1. The molecule has 0 saturated carbocycles. The number of H-pyrrole nitrogens is 1. The van der Waals surface area contributed by atoms with Crippen LogP contribution in [0.3, 0.4) is 0 Å². The van der Waals surface area contributed by atoms with Crippen molar-refractivity contribution in [1.82, 2.24) is 9.88 Å². The fourth-order valence-corrected chi connectivity index (χ4v) is 4.03. The Kier molecular flexibility index (Phi) is 4.79. The number of aromatic nitrogens is 1. The summed E-state index contributed by atoms with van der Waals surface area (Å²) in [6.07, 6.45) is 2.20. The van der Waals surface area contributed by atoms with Crippen molar-refractivity contribution in [2.75, 3.05) is 13.2 Å². The Labute approximate surface area is 163 Å². The van der Waals surface area contributed by atoms with Gasteiger partial charge in [0.1, 0.15) is 11.7 Å². The van der Waals surface area contributed by atoms with Crippen LogP contribution in [0.4, 0.5) is 4.79 Å². The molecule has 1 amide bonds. The number of ether oxygens (including phenoxy) is 3. The van der Waals surface area contributed by atoms with Crippen molar-refractivity contribution in [2.45, 2.75) is 57.4 Å². The van der Waals surface area contributed by atoms with E-state index in [-0.39, 0.29) is 30.3 Å². The first kappa shape index (κ1) is 18.8. The molecule has 2 atom stereocenters. The van der Waals surface area contributed by atoms with Crippen LogP contribution in [0.25, 0.3) is 10.9 Å². The molecule has 7 heteroatoms. The summed E-state index contributed by atoms with van der Waals surface area (Å²) in [5.41, 5.74) is 0.885. The van der Waals surface area contributed by atoms with Gasteiger partial charge in [-0.25, -0.2) is 9.59 Å². The fourth-order valence-electron chi connectivity index (χ4n) is 4.03. The Morgan fingerprint density at radius 3 is 2.50 bits per heavy atom. The number of hydrogen-bond acceptors (Lipinski definition) is 5. The Balaban J connectivity index is 1.45. The van der Waals surface area contributed by atoms with Crippen molar-refractivity contribution in [2.24, 2.45) is 0 Å². The van der Waals surface area contributed by atoms with Gasteiger partial charge in [-0.05, 0) is 26.8 Å². The molecule has 0 radical (unpaired) electrons. The number of esters is 1. The first-order chi connectivity index (χ1) is 13.3. The maximum atomic E-state index is 12.7. The molecule has 2 bridgehead atoms. The topological polar surface area (TPSA) is 80.9 Å². The number of carbonyl (C=O) groups is 2. The van der Waals surface area contributed by atoms with E-state index in [1.54, 1.807) is 11.1 Å². The molecule has 2 aromatic rings. The molecule has 1 aromatic carbocycles. The lowest BCUT2D eigenvalue weighted by molar-refractivity contribution is -0.106. The summed E-state index contributed by atoms with van der Waals surface area (Å²) in [4.78, 5) is 30.2. The molecule has 0 spiro atoms. The number of nitrogens with zero attached hydrogens (tertiary/aromatic N) is 1. The number of rotatable bonds is 2. The number of piperidine rings is 1. The van der Waals surface area contributed by atoms with Crippen molar-refractivity contribution in [3.8, 4) is 0 Å². The standard InChI is InChI=1S/C21H26N2O5/c1-21(2,3)28-20(25)23-13-8-15(9-14(23)12-26-11-13)27-19(24)17-10-22-18-7-5-4-6-16(17)18/h4-7,10,13-15,22H,8-9,11-12H2,1-3H3. The van der Waals surface area contributed by atoms with E-state index < -0.39 is 5.60 Å². The molecular formula is C21H26N2O5. The average molecular weight is 386 g/mol. The van der Waals surface area contributed by atoms with E-state index in [1.165, 1.54) is 0 Å². The molecule has 2 aliphatic heterocycles. The second-order valence-corrected chi connectivity index (χ2v) is 8.48. The molecule has 4 rings (SSSR count). The zero-order chi connectivity index (χ0) is 19.9. The first-order valence-corrected chi connectivity index (χ1v) is 9.68. The van der Waals surface area contributed by atoms with Crippen LogP contribution in [0.2, 0.25) is 0 Å². The highest BCUT2D eigenvalue weighted by Crippen LogP contribution is 2.32. The normalized spacial score (nSPS) is 24.8. The van der Waals surface area contributed by atoms with Gasteiger partial charge >= 0.3 is 12.1 Å². The minimum atomic E-state index is -0.551. The number of morpholine rings is 1. The summed E-state index contributed by atoms with van der Waals surface area (Å²) in [7, 11) is 0. The fraction of sp³-hybridized carbons (Fsp3) is 0.524. The maximum Gasteiger partial charge on any atom is 0.410 e. The van der Waals surface area contributed by atoms with Crippen molar-refractivity contribution >= 4 is 23.0 Å². The second kappa shape index (κ2) is 7.13. The summed E-state index contributed by atoms with van der Waals surface area (Å²) in [5.74, 6) is -0.341. The first-order valence-electron chi connectivity index (χ1n) is 9.68. The summed E-state index contributed by atoms with van der Waals surface area (Å²) < 4.78 is 17.0. The Bertz CT molecular complexity index is 870. The number of amides is 1. The molecule has 1 aromatic heterocycles. The largest absolute Gasteiger partial charge is 0.459 e. The molecule has 2 unspecified atom stereocenters. The number of para-hydroxylation sites is 1. The van der Waals surface area contributed by atoms with Crippen LogP contribution in [0, 0.1) is 0 Å². The van der Waals surface area contributed by atoms with Crippen LogP contribution in [-0.4, -0.2) is 58.9 Å². The van der Waals surface area contributed by atoms with Gasteiger partial charge in [0.25, 0.3) is 0 Å². The van der Waals surface area contributed by atoms with Crippen molar-refractivity contribution in [3.05, 3.63) is 36.0 Å². The average Bonchev–Trinajstić information content (AvgIpc) is 3.03. The van der Waals surface area contributed by atoms with E-state index in [4.69, 9.17) is 14.2 Å². The lowest BCUT2D eigenvalue weighted by Gasteiger charge is -2.47. The third-order valence-electron chi connectivity index (χ3n) is 5.16. The van der Waals surface area contributed by atoms with E-state index in [0.29, 0.717) is 31.6 Å². The Morgan fingerprint density at radius 2 is 1.82 bits per heavy atom. The van der Waals surface area contributed by atoms with Crippen LogP contribution in [0.15, 0.2) is 30.5 Å². The molecule has 2 saturated heterocycles. The van der Waals surface area contributed by atoms with E-state index in [9.17, 15) is 9.59 Å². The second-order valence-electron chi connectivity index (χ2n) is 8.48. The number of benzene rings is 1. The highest BCUT2D eigenvalue weighted by Gasteiger charge is 2.44. The lowest BCUT2D eigenvalue weighted by Crippen LogP contribution is -2.61. The number of nitrogens with one attached hydrogen (secondary N) is 1. The van der Waals surface area contributed by atoms with Crippen LogP contribution in [-0.2, 0) is 14.2 Å². The van der Waals surface area contributed by atoms with Crippen LogP contribution < -0.4 is 0 Å². The number of carbonyl (C=O) groups excluding carboxylic acids is 2. The molecule has 28 heavy (non-hydrogen) atoms. The molecule has 2 aliphatic rings. The van der Waals surface area contributed by atoms with Gasteiger partial charge in [-0.1, -0.05) is 18.2 Å². The molecule has 150 valence electrons. The van der Waals surface area contributed by atoms with Gasteiger partial charge in [0, 0.05) is 29.9 Å². The predicted octanol–water partition coefficient (Wildman–Crippen LogP) is 3.49. The monoisotopic (exact) mass is 386 g/mol. The van der Waals surface area contributed by atoms with Crippen LogP contribution in [0.1, 0.15) is 44.0 Å². The number of fused-ring (bicyclic) bond motifs is 3. The highest BCUT2D eigenvalue weighted by atomic mass is 16.6. The molecule has 1 N–H and O–H groups in total. The molecule has 7 nitrogen and oxygen atoms in total. The molecule has 0 aliphatic carbocycles. The third kappa shape index (κ3) is 3.71. The summed E-state index contributed by atoms with van der Waals surface area (Å²) in [6, 6.07) is 7.34. The minimum Gasteiger partial charge on any atom is -0.459 e. The summed E-state index contributed by atoms with van der Waals surface area (Å²) >= 11 is 0. The van der Waals surface area contributed by atoms with Crippen LogP contribution >= 0.6 is 0 Å². The van der Waals surface area contributed by atoms with Crippen molar-refractivity contribution in [1.29, 1.82) is 0 Å². The van der Waals surface area contributed by atoms with Crippen molar-refractivity contribution < 1.29 is 23.8 Å². The molecule has 3 heterocycles. The molecular weight excluding hydrogens is 360 g/mol. The zero-order valence-corrected chi connectivity index (χ0v) is 16.4. The van der Waals surface area contributed by atoms with E-state index >= 15 is 0 Å². The molecule has 2 fully saturated rings. The number of aromatic amines is 1. The smallest absolute Gasteiger partial charge is 0.410 e. The van der Waals surface area contributed by atoms with Crippen molar-refractivity contribution in [3.63, 3.8) is 0 Å². The zero-order valence-electron chi connectivity index (χ0n) is 16.4. The SMILES string of the molecule is CC(C)(C)OC(=O)N1C2COCC1CC(OC(=O)c1c[nH]c3ccccc13)C2. The minimum absolute atomic E-state index is 0.150. The van der Waals surface area contributed by atoms with Gasteiger partial charge in [0.2, 0.25) is 0 Å². The van der Waals surface area contributed by atoms with Gasteiger partial charge in [0.05, 0.1) is 30.9 Å². The van der Waals surface area contributed by atoms with Gasteiger partial charge < -0.3 is 19.2 Å². The quantitative estimate of drug-likeness (QED) is 0.799. The Hall–Kier alpha value is -2.54. The van der Waals surface area contributed by atoms with E-state index in [0.717, 1.165) is 10.9 Å². The Morgan fingerprint density at radius 1 is 1.14 bits per heavy atom. The van der Waals surface area contributed by atoms with Crippen LogP contribution in [0.5, 0.6) is 0 Å². The van der Waals surface area contributed by atoms with Gasteiger partial charge in [0.15, 0.2) is 0 Å².